The van der Waals surface area contributed by atoms with Crippen LogP contribution >= 0.6 is 11.6 Å². The zero-order chi connectivity index (χ0) is 24.1. The van der Waals surface area contributed by atoms with Crippen LogP contribution in [0.5, 0.6) is 0 Å². The van der Waals surface area contributed by atoms with Gasteiger partial charge in [-0.25, -0.2) is 0 Å². The van der Waals surface area contributed by atoms with Crippen LogP contribution < -0.4 is 4.90 Å². The summed E-state index contributed by atoms with van der Waals surface area (Å²) < 4.78 is 0. The van der Waals surface area contributed by atoms with Crippen LogP contribution in [-0.4, -0.2) is 41.1 Å². The summed E-state index contributed by atoms with van der Waals surface area (Å²) in [7, 11) is 0. The number of amides is 2. The van der Waals surface area contributed by atoms with E-state index in [1.165, 1.54) is 4.90 Å². The number of rotatable bonds is 5. The van der Waals surface area contributed by atoms with Crippen LogP contribution in [0.2, 0.25) is 5.02 Å². The number of benzene rings is 3. The summed E-state index contributed by atoms with van der Waals surface area (Å²) in [5.74, 6) is -1.95. The summed E-state index contributed by atoms with van der Waals surface area (Å²) in [6, 6.07) is 23.2. The van der Waals surface area contributed by atoms with Crippen molar-refractivity contribution in [1.29, 1.82) is 0 Å². The zero-order valence-corrected chi connectivity index (χ0v) is 19.6. The SMILES string of the molecule is O=C(c1ccc(Cl)cc1)[C@@H]1[C@@H]2C(=O)N(CCc3ccccc3)C(=O)[C@@H]2[C@@H]2C=Cc3ccccc3N12. The molecule has 0 N–H and O–H groups in total. The summed E-state index contributed by atoms with van der Waals surface area (Å²) in [6.45, 7) is 0.309. The lowest BCUT2D eigenvalue weighted by molar-refractivity contribution is -0.140. The van der Waals surface area contributed by atoms with Crippen LogP contribution in [-0.2, 0) is 16.0 Å². The number of likely N-dealkylation sites (tertiary alicyclic amines) is 1. The maximum atomic E-state index is 13.9. The maximum Gasteiger partial charge on any atom is 0.235 e. The molecule has 0 aliphatic carbocycles. The highest BCUT2D eigenvalue weighted by atomic mass is 35.5. The van der Waals surface area contributed by atoms with E-state index in [9.17, 15) is 14.4 Å². The van der Waals surface area contributed by atoms with Crippen molar-refractivity contribution >= 4 is 41.0 Å². The second-order valence-corrected chi connectivity index (χ2v) is 9.68. The third-order valence-electron chi connectivity index (χ3n) is 7.37. The minimum atomic E-state index is -0.768. The molecule has 35 heavy (non-hydrogen) atoms. The van der Waals surface area contributed by atoms with Crippen molar-refractivity contribution in [2.45, 2.75) is 18.5 Å². The quantitative estimate of drug-likeness (QED) is 0.392. The van der Waals surface area contributed by atoms with E-state index >= 15 is 0 Å². The number of imide groups is 1. The molecule has 3 heterocycles. The molecule has 3 aromatic carbocycles. The minimum Gasteiger partial charge on any atom is -0.352 e. The number of Topliss-reactive ketones (excluding diaryl/α,β-unsaturated/α-hetero) is 1. The fourth-order valence-electron chi connectivity index (χ4n) is 5.77. The number of fused-ring (bicyclic) bond motifs is 5. The Hall–Kier alpha value is -3.70. The van der Waals surface area contributed by atoms with Crippen LogP contribution in [0.4, 0.5) is 5.69 Å². The molecular weight excluding hydrogens is 460 g/mol. The van der Waals surface area contributed by atoms with E-state index in [2.05, 4.69) is 0 Å². The van der Waals surface area contributed by atoms with Gasteiger partial charge >= 0.3 is 0 Å². The fourth-order valence-corrected chi connectivity index (χ4v) is 5.89. The first-order valence-corrected chi connectivity index (χ1v) is 12.2. The zero-order valence-electron chi connectivity index (χ0n) is 18.9. The van der Waals surface area contributed by atoms with Gasteiger partial charge in [-0.05, 0) is 47.9 Å². The Balaban J connectivity index is 1.39. The molecule has 6 heteroatoms. The number of carbonyl (C=O) groups is 3. The van der Waals surface area contributed by atoms with Crippen molar-refractivity contribution in [3.8, 4) is 0 Å². The third-order valence-corrected chi connectivity index (χ3v) is 7.62. The number of nitrogens with zero attached hydrogens (tertiary/aromatic N) is 2. The summed E-state index contributed by atoms with van der Waals surface area (Å²) in [4.78, 5) is 44.7. The molecule has 0 aromatic heterocycles. The number of hydrogen-bond acceptors (Lipinski definition) is 4. The lowest BCUT2D eigenvalue weighted by Gasteiger charge is -2.36. The first-order valence-electron chi connectivity index (χ1n) is 11.8. The Kier molecular flexibility index (Phi) is 5.30. The Morgan fingerprint density at radius 2 is 1.51 bits per heavy atom. The molecule has 6 rings (SSSR count). The Bertz CT molecular complexity index is 1350. The van der Waals surface area contributed by atoms with Crippen molar-refractivity contribution in [1.82, 2.24) is 4.90 Å². The van der Waals surface area contributed by atoms with Gasteiger partial charge in [-0.2, -0.15) is 0 Å². The van der Waals surface area contributed by atoms with E-state index in [1.54, 1.807) is 24.3 Å². The highest BCUT2D eigenvalue weighted by molar-refractivity contribution is 6.30. The normalized spacial score (nSPS) is 24.4. The maximum absolute atomic E-state index is 13.9. The highest BCUT2D eigenvalue weighted by Crippen LogP contribution is 2.49. The molecule has 174 valence electrons. The van der Waals surface area contributed by atoms with Gasteiger partial charge in [0.25, 0.3) is 0 Å². The van der Waals surface area contributed by atoms with Crippen molar-refractivity contribution in [2.75, 3.05) is 11.4 Å². The van der Waals surface area contributed by atoms with Gasteiger partial charge in [0.15, 0.2) is 5.78 Å². The summed E-state index contributed by atoms with van der Waals surface area (Å²) >= 11 is 6.05. The number of anilines is 1. The van der Waals surface area contributed by atoms with Crippen LogP contribution in [0.15, 0.2) is 84.9 Å². The lowest BCUT2D eigenvalue weighted by Crippen LogP contribution is -2.49. The van der Waals surface area contributed by atoms with Crippen molar-refractivity contribution in [2.24, 2.45) is 11.8 Å². The smallest absolute Gasteiger partial charge is 0.235 e. The van der Waals surface area contributed by atoms with E-state index in [1.807, 2.05) is 71.6 Å². The van der Waals surface area contributed by atoms with Gasteiger partial charge in [0.2, 0.25) is 11.8 Å². The molecule has 0 radical (unpaired) electrons. The summed E-state index contributed by atoms with van der Waals surface area (Å²) in [6.07, 6.45) is 4.55. The molecule has 0 unspecified atom stereocenters. The molecule has 2 amide bonds. The van der Waals surface area contributed by atoms with Crippen LogP contribution in [0.1, 0.15) is 21.5 Å². The standard InChI is InChI=1S/C29H23ClN2O3/c30-21-13-10-20(11-14-21)27(33)26-25-24(23-15-12-19-8-4-5-9-22(19)32(23)26)28(34)31(29(25)35)17-16-18-6-2-1-3-7-18/h1-15,23-26H,16-17H2/t23-,24+,25+,26-/m0/s1. The predicted octanol–water partition coefficient (Wildman–Crippen LogP) is 4.65. The van der Waals surface area contributed by atoms with E-state index in [0.29, 0.717) is 23.6 Å². The number of hydrogen-bond donors (Lipinski definition) is 0. The van der Waals surface area contributed by atoms with Gasteiger partial charge in [0, 0.05) is 22.8 Å². The van der Waals surface area contributed by atoms with Crippen LogP contribution in [0, 0.1) is 11.8 Å². The van der Waals surface area contributed by atoms with Gasteiger partial charge in [0.05, 0.1) is 17.9 Å². The van der Waals surface area contributed by atoms with Gasteiger partial charge in [-0.1, -0.05) is 72.3 Å². The molecular formula is C29H23ClN2O3. The number of halogens is 1. The predicted molar refractivity (Wildman–Crippen MR) is 135 cm³/mol. The molecule has 3 aliphatic heterocycles. The molecule has 5 nitrogen and oxygen atoms in total. The molecule has 0 bridgehead atoms. The van der Waals surface area contributed by atoms with Crippen molar-refractivity contribution < 1.29 is 14.4 Å². The fraction of sp³-hybridized carbons (Fsp3) is 0.207. The second-order valence-electron chi connectivity index (χ2n) is 9.25. The highest BCUT2D eigenvalue weighted by Gasteiger charge is 2.63. The van der Waals surface area contributed by atoms with Gasteiger partial charge in [0.1, 0.15) is 6.04 Å². The van der Waals surface area contributed by atoms with E-state index in [4.69, 9.17) is 11.6 Å². The molecule has 4 atom stereocenters. The van der Waals surface area contributed by atoms with Crippen LogP contribution in [0.3, 0.4) is 0 Å². The van der Waals surface area contributed by atoms with E-state index in [0.717, 1.165) is 16.8 Å². The number of carbonyl (C=O) groups excluding carboxylic acids is 3. The molecule has 2 saturated heterocycles. The average Bonchev–Trinajstić information content (AvgIpc) is 3.36. The second kappa shape index (κ2) is 8.51. The van der Waals surface area contributed by atoms with Crippen molar-refractivity contribution in [3.63, 3.8) is 0 Å². The van der Waals surface area contributed by atoms with Gasteiger partial charge < -0.3 is 4.90 Å². The van der Waals surface area contributed by atoms with Gasteiger partial charge in [-0.3, -0.25) is 19.3 Å². The van der Waals surface area contributed by atoms with Crippen molar-refractivity contribution in [3.05, 3.63) is 107 Å². The molecule has 3 aromatic rings. The molecule has 0 saturated carbocycles. The Morgan fingerprint density at radius 1 is 0.829 bits per heavy atom. The Morgan fingerprint density at radius 3 is 2.29 bits per heavy atom. The molecule has 0 spiro atoms. The molecule has 2 fully saturated rings. The summed E-state index contributed by atoms with van der Waals surface area (Å²) in [5.41, 5.74) is 3.39. The van der Waals surface area contributed by atoms with Crippen LogP contribution in [0.25, 0.3) is 6.08 Å². The largest absolute Gasteiger partial charge is 0.352 e. The number of para-hydroxylation sites is 1. The lowest BCUT2D eigenvalue weighted by atomic mass is 9.86. The third kappa shape index (κ3) is 3.50. The molecule has 3 aliphatic rings. The van der Waals surface area contributed by atoms with Gasteiger partial charge in [-0.15, -0.1) is 0 Å². The van der Waals surface area contributed by atoms with E-state index in [-0.39, 0.29) is 23.6 Å². The summed E-state index contributed by atoms with van der Waals surface area (Å²) in [5, 5.41) is 0.536. The average molecular weight is 483 g/mol. The minimum absolute atomic E-state index is 0.171. The van der Waals surface area contributed by atoms with E-state index < -0.39 is 17.9 Å². The topological polar surface area (TPSA) is 57.7 Å². The number of ketones is 1. The first-order chi connectivity index (χ1) is 17.0. The monoisotopic (exact) mass is 482 g/mol. The first kappa shape index (κ1) is 21.8. The Labute approximate surface area is 208 Å².